The summed E-state index contributed by atoms with van der Waals surface area (Å²) in [4.78, 5) is 0. The molecule has 136 valence electrons. The highest BCUT2D eigenvalue weighted by molar-refractivity contribution is 7.98. The van der Waals surface area contributed by atoms with Gasteiger partial charge in [0.25, 0.3) is 0 Å². The lowest BCUT2D eigenvalue weighted by molar-refractivity contribution is 0.642. The van der Waals surface area contributed by atoms with Crippen molar-refractivity contribution in [2.75, 3.05) is 5.73 Å². The number of unbranched alkanes of at least 4 members (excludes halogenated alkanes) is 1. The molecule has 1 heterocycles. The minimum absolute atomic E-state index is 0.780. The summed E-state index contributed by atoms with van der Waals surface area (Å²) in [6.07, 6.45) is 3.24. The fourth-order valence-electron chi connectivity index (χ4n) is 2.86. The maximum atomic E-state index is 5.81. The minimum atomic E-state index is 0.780. The molecule has 0 bridgehead atoms. The summed E-state index contributed by atoms with van der Waals surface area (Å²) in [5.74, 6) is 1.96. The molecule has 0 unspecified atom stereocenters. The van der Waals surface area contributed by atoms with Crippen molar-refractivity contribution in [2.24, 2.45) is 0 Å². The van der Waals surface area contributed by atoms with Gasteiger partial charge in [0.2, 0.25) is 0 Å². The van der Waals surface area contributed by atoms with Crippen LogP contribution in [0.15, 0.2) is 53.7 Å². The van der Waals surface area contributed by atoms with Gasteiger partial charge in [0, 0.05) is 17.9 Å². The first kappa shape index (κ1) is 18.5. The Kier molecular flexibility index (Phi) is 6.34. The van der Waals surface area contributed by atoms with Crippen LogP contribution in [0.25, 0.3) is 0 Å². The number of hydrogen-bond donors (Lipinski definition) is 1. The summed E-state index contributed by atoms with van der Waals surface area (Å²) in [7, 11) is 0. The van der Waals surface area contributed by atoms with E-state index in [9.17, 15) is 0 Å². The third-order valence-electron chi connectivity index (χ3n) is 4.32. The molecule has 0 fully saturated rings. The number of nitrogens with zero attached hydrogens (tertiary/aromatic N) is 3. The molecule has 26 heavy (non-hydrogen) atoms. The van der Waals surface area contributed by atoms with Gasteiger partial charge in [0.15, 0.2) is 5.16 Å². The third kappa shape index (κ3) is 4.88. The van der Waals surface area contributed by atoms with Crippen LogP contribution in [-0.2, 0) is 18.7 Å². The molecular formula is C21H26N4S. The number of anilines is 1. The van der Waals surface area contributed by atoms with Crippen molar-refractivity contribution >= 4 is 17.4 Å². The summed E-state index contributed by atoms with van der Waals surface area (Å²) in [5.41, 5.74) is 10.4. The molecule has 0 spiro atoms. The first-order valence-corrected chi connectivity index (χ1v) is 10.1. The Morgan fingerprint density at radius 3 is 2.58 bits per heavy atom. The molecule has 0 amide bonds. The molecule has 5 heteroatoms. The van der Waals surface area contributed by atoms with Gasteiger partial charge in [-0.15, -0.1) is 10.2 Å². The molecule has 3 rings (SSSR count). The van der Waals surface area contributed by atoms with Crippen LogP contribution in [0, 0.1) is 6.92 Å². The number of hydrogen-bond acceptors (Lipinski definition) is 4. The predicted octanol–water partition coefficient (Wildman–Crippen LogP) is 4.85. The number of aromatic nitrogens is 3. The molecule has 0 radical (unpaired) electrons. The lowest BCUT2D eigenvalue weighted by atomic mass is 10.2. The highest BCUT2D eigenvalue weighted by atomic mass is 32.2. The van der Waals surface area contributed by atoms with E-state index in [0.717, 1.165) is 48.2 Å². The van der Waals surface area contributed by atoms with E-state index in [0.29, 0.717) is 0 Å². The molecule has 4 nitrogen and oxygen atoms in total. The van der Waals surface area contributed by atoms with E-state index >= 15 is 0 Å². The number of thioether (sulfide) groups is 1. The number of nitrogens with two attached hydrogens (primary N) is 1. The molecule has 0 aliphatic heterocycles. The monoisotopic (exact) mass is 366 g/mol. The van der Waals surface area contributed by atoms with Gasteiger partial charge in [0.1, 0.15) is 5.82 Å². The largest absolute Gasteiger partial charge is 0.399 e. The van der Waals surface area contributed by atoms with Crippen molar-refractivity contribution in [1.82, 2.24) is 14.8 Å². The first-order chi connectivity index (χ1) is 12.7. The number of rotatable bonds is 8. The van der Waals surface area contributed by atoms with E-state index in [4.69, 9.17) is 5.73 Å². The van der Waals surface area contributed by atoms with Crippen molar-refractivity contribution in [3.05, 3.63) is 71.0 Å². The van der Waals surface area contributed by atoms with E-state index in [1.54, 1.807) is 11.8 Å². The summed E-state index contributed by atoms with van der Waals surface area (Å²) in [5, 5.41) is 9.92. The van der Waals surface area contributed by atoms with Gasteiger partial charge in [0.05, 0.1) is 6.54 Å². The minimum Gasteiger partial charge on any atom is -0.399 e. The third-order valence-corrected chi connectivity index (χ3v) is 5.36. The maximum Gasteiger partial charge on any atom is 0.191 e. The summed E-state index contributed by atoms with van der Waals surface area (Å²) >= 11 is 1.75. The van der Waals surface area contributed by atoms with Gasteiger partial charge >= 0.3 is 0 Å². The number of nitrogen functional groups attached to an aromatic ring is 1. The average molecular weight is 367 g/mol. The lowest BCUT2D eigenvalue weighted by Gasteiger charge is -2.11. The Morgan fingerprint density at radius 2 is 1.85 bits per heavy atom. The van der Waals surface area contributed by atoms with Crippen molar-refractivity contribution in [3.8, 4) is 0 Å². The highest BCUT2D eigenvalue weighted by Crippen LogP contribution is 2.24. The zero-order chi connectivity index (χ0) is 18.4. The maximum absolute atomic E-state index is 5.81. The predicted molar refractivity (Wildman–Crippen MR) is 109 cm³/mol. The lowest BCUT2D eigenvalue weighted by Crippen LogP contribution is -2.07. The van der Waals surface area contributed by atoms with Crippen LogP contribution in [0.3, 0.4) is 0 Å². The molecule has 2 aromatic carbocycles. The van der Waals surface area contributed by atoms with Gasteiger partial charge < -0.3 is 10.3 Å². The van der Waals surface area contributed by atoms with Crippen molar-refractivity contribution < 1.29 is 0 Å². The second-order valence-electron chi connectivity index (χ2n) is 6.61. The van der Waals surface area contributed by atoms with Crippen LogP contribution in [-0.4, -0.2) is 14.8 Å². The van der Waals surface area contributed by atoms with Crippen LogP contribution in [0.5, 0.6) is 0 Å². The molecule has 0 saturated carbocycles. The van der Waals surface area contributed by atoms with Crippen LogP contribution >= 0.6 is 11.8 Å². The zero-order valence-corrected chi connectivity index (χ0v) is 16.3. The molecule has 0 aliphatic carbocycles. The standard InChI is InChI=1S/C21H26N4S/c1-3-4-8-20-23-24-21(26-15-18-7-5-6-16(2)13-18)25(20)14-17-9-11-19(22)12-10-17/h5-7,9-13H,3-4,8,14-15,22H2,1-2H3. The topological polar surface area (TPSA) is 56.7 Å². The smallest absolute Gasteiger partial charge is 0.191 e. The second-order valence-corrected chi connectivity index (χ2v) is 7.55. The molecule has 0 saturated heterocycles. The molecule has 2 N–H and O–H groups in total. The molecule has 0 aliphatic rings. The van der Waals surface area contributed by atoms with Crippen molar-refractivity contribution in [1.29, 1.82) is 0 Å². The fraction of sp³-hybridized carbons (Fsp3) is 0.333. The van der Waals surface area contributed by atoms with Gasteiger partial charge in [-0.3, -0.25) is 0 Å². The Balaban J connectivity index is 1.79. The SMILES string of the molecule is CCCCc1nnc(SCc2cccc(C)c2)n1Cc1ccc(N)cc1. The summed E-state index contributed by atoms with van der Waals surface area (Å²) < 4.78 is 2.25. The van der Waals surface area contributed by atoms with Crippen molar-refractivity contribution in [2.45, 2.75) is 50.6 Å². The molecule has 1 aromatic heterocycles. The second kappa shape index (κ2) is 8.90. The van der Waals surface area contributed by atoms with Gasteiger partial charge in [-0.05, 0) is 36.6 Å². The van der Waals surface area contributed by atoms with Crippen LogP contribution < -0.4 is 5.73 Å². The van der Waals surface area contributed by atoms with E-state index in [1.165, 1.54) is 16.7 Å². The molecule has 0 atom stereocenters. The fourth-order valence-corrected chi connectivity index (χ4v) is 3.76. The zero-order valence-electron chi connectivity index (χ0n) is 15.5. The van der Waals surface area contributed by atoms with Crippen LogP contribution in [0.2, 0.25) is 0 Å². The van der Waals surface area contributed by atoms with Gasteiger partial charge in [-0.2, -0.15) is 0 Å². The van der Waals surface area contributed by atoms with Crippen LogP contribution in [0.1, 0.15) is 42.3 Å². The number of aryl methyl sites for hydroxylation is 2. The summed E-state index contributed by atoms with van der Waals surface area (Å²) in [6, 6.07) is 16.7. The Morgan fingerprint density at radius 1 is 1.04 bits per heavy atom. The van der Waals surface area contributed by atoms with E-state index in [1.807, 2.05) is 12.1 Å². The van der Waals surface area contributed by atoms with Crippen LogP contribution in [0.4, 0.5) is 5.69 Å². The quantitative estimate of drug-likeness (QED) is 0.457. The number of benzene rings is 2. The van der Waals surface area contributed by atoms with E-state index in [2.05, 4.69) is 65.0 Å². The molecular weight excluding hydrogens is 340 g/mol. The van der Waals surface area contributed by atoms with E-state index in [-0.39, 0.29) is 0 Å². The Bertz CT molecular complexity index is 839. The van der Waals surface area contributed by atoms with Crippen molar-refractivity contribution in [3.63, 3.8) is 0 Å². The molecule has 3 aromatic rings. The Labute approximate surface area is 159 Å². The average Bonchev–Trinajstić information content (AvgIpc) is 3.02. The normalized spacial score (nSPS) is 11.0. The summed E-state index contributed by atoms with van der Waals surface area (Å²) in [6.45, 7) is 5.11. The van der Waals surface area contributed by atoms with Gasteiger partial charge in [-0.25, -0.2) is 0 Å². The highest BCUT2D eigenvalue weighted by Gasteiger charge is 2.13. The van der Waals surface area contributed by atoms with E-state index < -0.39 is 0 Å². The first-order valence-electron chi connectivity index (χ1n) is 9.10. The Hall–Kier alpha value is -2.27. The van der Waals surface area contributed by atoms with Gasteiger partial charge in [-0.1, -0.05) is 67.1 Å².